The van der Waals surface area contributed by atoms with Crippen LogP contribution in [0, 0.1) is 0 Å². The smallest absolute Gasteiger partial charge is 0.0841 e. The second-order valence-electron chi connectivity index (χ2n) is 4.41. The summed E-state index contributed by atoms with van der Waals surface area (Å²) < 4.78 is 5.28. The maximum atomic E-state index is 5.28. The van der Waals surface area contributed by atoms with Crippen molar-refractivity contribution in [2.24, 2.45) is 0 Å². The molecule has 1 nitrogen and oxygen atoms in total. The summed E-state index contributed by atoms with van der Waals surface area (Å²) in [6.45, 7) is 11.8. The number of fused-ring (bicyclic) bond motifs is 1. The Morgan fingerprint density at radius 2 is 1.43 bits per heavy atom. The van der Waals surface area contributed by atoms with Crippen LogP contribution < -0.4 is 0 Å². The first-order valence-electron chi connectivity index (χ1n) is 5.89. The molecule has 1 heteroatoms. The maximum Gasteiger partial charge on any atom is 0.0841 e. The molecule has 0 aromatic rings. The molecule has 1 saturated carbocycles. The predicted octanol–water partition coefficient (Wildman–Crippen LogP) is 4.33. The van der Waals surface area contributed by atoms with Gasteiger partial charge in [-0.3, -0.25) is 0 Å². The van der Waals surface area contributed by atoms with Gasteiger partial charge in [0.25, 0.3) is 0 Å². The van der Waals surface area contributed by atoms with Gasteiger partial charge in [-0.1, -0.05) is 38.7 Å². The molecule has 84 valence electrons. The minimum absolute atomic E-state index is 0.703. The lowest BCUT2D eigenvalue weighted by atomic mass is 10.0. The monoisotopic (exact) mass is 198 g/mol. The van der Waals surface area contributed by atoms with Gasteiger partial charge >= 0.3 is 0 Å². The summed E-state index contributed by atoms with van der Waals surface area (Å²) in [7, 11) is 0. The highest BCUT2D eigenvalue weighted by Crippen LogP contribution is 2.35. The van der Waals surface area contributed by atoms with E-state index in [4.69, 9.17) is 4.74 Å². The van der Waals surface area contributed by atoms with E-state index in [0.717, 1.165) is 0 Å². The van der Waals surface area contributed by atoms with E-state index < -0.39 is 0 Å². The summed E-state index contributed by atoms with van der Waals surface area (Å²) in [5, 5.41) is 0. The van der Waals surface area contributed by atoms with Crippen molar-refractivity contribution in [1.29, 1.82) is 0 Å². The van der Waals surface area contributed by atoms with E-state index in [1.807, 2.05) is 13.8 Å². The minimum atomic E-state index is 0.703. The molecule has 0 amide bonds. The second-order valence-corrected chi connectivity index (χ2v) is 4.41. The molecule has 0 N–H and O–H groups in total. The SMILES string of the molecule is C1CCC2OC2C1.C=C(C)C.CCC. The average Bonchev–Trinajstić information content (AvgIpc) is 2.82. The third-order valence-corrected chi connectivity index (χ3v) is 1.91. The highest BCUT2D eigenvalue weighted by atomic mass is 16.6. The largest absolute Gasteiger partial charge is 0.370 e. The van der Waals surface area contributed by atoms with E-state index in [2.05, 4.69) is 20.4 Å². The fourth-order valence-corrected chi connectivity index (χ4v) is 1.38. The van der Waals surface area contributed by atoms with Crippen molar-refractivity contribution >= 4 is 0 Å². The predicted molar refractivity (Wildman–Crippen MR) is 63.6 cm³/mol. The van der Waals surface area contributed by atoms with E-state index in [1.54, 1.807) is 0 Å². The highest BCUT2D eigenvalue weighted by molar-refractivity contribution is 4.87. The van der Waals surface area contributed by atoms with E-state index in [0.29, 0.717) is 12.2 Å². The Kier molecular flexibility index (Phi) is 7.87. The Morgan fingerprint density at radius 3 is 1.64 bits per heavy atom. The summed E-state index contributed by atoms with van der Waals surface area (Å²) in [5.41, 5.74) is 1.17. The van der Waals surface area contributed by atoms with Crippen LogP contribution in [0.1, 0.15) is 59.8 Å². The Labute approximate surface area is 89.5 Å². The van der Waals surface area contributed by atoms with Crippen molar-refractivity contribution in [3.05, 3.63) is 12.2 Å². The van der Waals surface area contributed by atoms with Crippen molar-refractivity contribution in [3.63, 3.8) is 0 Å². The molecule has 1 saturated heterocycles. The molecule has 2 fully saturated rings. The van der Waals surface area contributed by atoms with Gasteiger partial charge < -0.3 is 4.74 Å². The molecule has 0 aromatic heterocycles. The normalized spacial score (nSPS) is 27.1. The lowest BCUT2D eigenvalue weighted by molar-refractivity contribution is 0.373. The fourth-order valence-electron chi connectivity index (χ4n) is 1.38. The van der Waals surface area contributed by atoms with Crippen LogP contribution in [0.2, 0.25) is 0 Å². The fraction of sp³-hybridized carbons (Fsp3) is 0.846. The topological polar surface area (TPSA) is 12.5 Å². The zero-order valence-corrected chi connectivity index (χ0v) is 10.3. The summed E-state index contributed by atoms with van der Waals surface area (Å²) in [6.07, 6.45) is 8.14. The van der Waals surface area contributed by atoms with Gasteiger partial charge in [-0.05, 0) is 26.7 Å². The van der Waals surface area contributed by atoms with E-state index in [1.165, 1.54) is 37.7 Å². The van der Waals surface area contributed by atoms with Crippen molar-refractivity contribution in [3.8, 4) is 0 Å². The maximum absolute atomic E-state index is 5.28. The standard InChI is InChI=1S/C6H10O.C4H8.C3H8/c1-2-4-6-5(3-1)7-6;1-4(2)3;1-3-2/h5-6H,1-4H2;1H2,2-3H3;3H2,1-2H3. The van der Waals surface area contributed by atoms with Crippen LogP contribution in [0.5, 0.6) is 0 Å². The number of allylic oxidation sites excluding steroid dienone is 1. The van der Waals surface area contributed by atoms with Gasteiger partial charge in [0, 0.05) is 0 Å². The molecule has 0 bridgehead atoms. The molecule has 2 rings (SSSR count). The Bertz CT molecular complexity index is 137. The van der Waals surface area contributed by atoms with Gasteiger partial charge in [0.05, 0.1) is 12.2 Å². The third-order valence-electron chi connectivity index (χ3n) is 1.91. The van der Waals surface area contributed by atoms with Crippen molar-refractivity contribution in [2.75, 3.05) is 0 Å². The first-order chi connectivity index (χ1) is 6.61. The quantitative estimate of drug-likeness (QED) is 0.417. The zero-order valence-electron chi connectivity index (χ0n) is 10.3. The molecule has 0 spiro atoms. The summed E-state index contributed by atoms with van der Waals surface area (Å²) >= 11 is 0. The van der Waals surface area contributed by atoms with Gasteiger partial charge in [-0.15, -0.1) is 6.58 Å². The summed E-state index contributed by atoms with van der Waals surface area (Å²) in [6, 6.07) is 0. The van der Waals surface area contributed by atoms with Crippen LogP contribution in [0.15, 0.2) is 12.2 Å². The van der Waals surface area contributed by atoms with E-state index >= 15 is 0 Å². The van der Waals surface area contributed by atoms with Crippen LogP contribution in [-0.2, 0) is 4.74 Å². The molecule has 1 aliphatic carbocycles. The third kappa shape index (κ3) is 8.31. The first kappa shape index (κ1) is 13.7. The first-order valence-corrected chi connectivity index (χ1v) is 5.89. The number of hydrogen-bond acceptors (Lipinski definition) is 1. The van der Waals surface area contributed by atoms with Crippen LogP contribution in [0.3, 0.4) is 0 Å². The Morgan fingerprint density at radius 1 is 1.14 bits per heavy atom. The molecule has 2 aliphatic rings. The summed E-state index contributed by atoms with van der Waals surface area (Å²) in [5.74, 6) is 0. The van der Waals surface area contributed by atoms with Crippen LogP contribution in [0.25, 0.3) is 0 Å². The van der Waals surface area contributed by atoms with Gasteiger partial charge in [-0.2, -0.15) is 0 Å². The van der Waals surface area contributed by atoms with E-state index in [9.17, 15) is 0 Å². The summed E-state index contributed by atoms with van der Waals surface area (Å²) in [4.78, 5) is 0. The second kappa shape index (κ2) is 8.05. The molecular formula is C13H26O. The minimum Gasteiger partial charge on any atom is -0.370 e. The molecule has 0 aromatic carbocycles. The lowest BCUT2D eigenvalue weighted by Crippen LogP contribution is -2.00. The van der Waals surface area contributed by atoms with Crippen LogP contribution in [-0.4, -0.2) is 12.2 Å². The number of epoxide rings is 1. The van der Waals surface area contributed by atoms with E-state index in [-0.39, 0.29) is 0 Å². The Hall–Kier alpha value is -0.300. The van der Waals surface area contributed by atoms with Crippen molar-refractivity contribution in [2.45, 2.75) is 72.0 Å². The van der Waals surface area contributed by atoms with Gasteiger partial charge in [-0.25, -0.2) is 0 Å². The highest BCUT2D eigenvalue weighted by Gasteiger charge is 2.39. The number of rotatable bonds is 0. The van der Waals surface area contributed by atoms with Crippen molar-refractivity contribution in [1.82, 2.24) is 0 Å². The molecule has 1 heterocycles. The number of hydrogen-bond donors (Lipinski definition) is 0. The molecule has 2 atom stereocenters. The van der Waals surface area contributed by atoms with Gasteiger partial charge in [0.15, 0.2) is 0 Å². The molecule has 14 heavy (non-hydrogen) atoms. The zero-order chi connectivity index (χ0) is 11.0. The number of ether oxygens (including phenoxy) is 1. The molecule has 1 aliphatic heterocycles. The average molecular weight is 198 g/mol. The molecule has 2 unspecified atom stereocenters. The van der Waals surface area contributed by atoms with Gasteiger partial charge in [0.1, 0.15) is 0 Å². The van der Waals surface area contributed by atoms with Gasteiger partial charge in [0.2, 0.25) is 0 Å². The van der Waals surface area contributed by atoms with Crippen LogP contribution >= 0.6 is 0 Å². The van der Waals surface area contributed by atoms with Crippen molar-refractivity contribution < 1.29 is 4.74 Å². The van der Waals surface area contributed by atoms with Crippen LogP contribution in [0.4, 0.5) is 0 Å². The molecular weight excluding hydrogens is 172 g/mol. The Balaban J connectivity index is 0.000000211. The molecule has 0 radical (unpaired) electrons. The lowest BCUT2D eigenvalue weighted by Gasteiger charge is -2.00.